The molecule has 0 spiro atoms. The van der Waals surface area contributed by atoms with Crippen LogP contribution < -0.4 is 11.1 Å². The van der Waals surface area contributed by atoms with E-state index in [1.54, 1.807) is 36.1 Å². The fourth-order valence-electron chi connectivity index (χ4n) is 1.89. The maximum absolute atomic E-state index is 12.1. The Morgan fingerprint density at radius 2 is 1.71 bits per heavy atom. The van der Waals surface area contributed by atoms with Crippen LogP contribution in [0, 0.1) is 0 Å². The molecule has 118 valence electrons. The summed E-state index contributed by atoms with van der Waals surface area (Å²) in [5.74, 6) is -0.119. The van der Waals surface area contributed by atoms with Crippen molar-refractivity contribution < 1.29 is 9.59 Å². The Hall–Kier alpha value is -1.59. The molecule has 1 atom stereocenters. The van der Waals surface area contributed by atoms with E-state index in [0.717, 1.165) is 0 Å². The summed E-state index contributed by atoms with van der Waals surface area (Å²) in [6.45, 7) is 7.05. The second-order valence-electron chi connectivity index (χ2n) is 4.78. The fourth-order valence-corrected chi connectivity index (χ4v) is 1.89. The molecule has 0 fully saturated rings. The lowest BCUT2D eigenvalue weighted by Crippen LogP contribution is -2.30. The van der Waals surface area contributed by atoms with E-state index in [9.17, 15) is 9.59 Å². The van der Waals surface area contributed by atoms with Crippen LogP contribution in [0.3, 0.4) is 0 Å². The quantitative estimate of drug-likeness (QED) is 0.846. The number of halogens is 1. The number of carbonyl (C=O) groups is 2. The van der Waals surface area contributed by atoms with Crippen molar-refractivity contribution in [2.24, 2.45) is 5.73 Å². The topological polar surface area (TPSA) is 75.4 Å². The van der Waals surface area contributed by atoms with Crippen molar-refractivity contribution in [3.8, 4) is 0 Å². The lowest BCUT2D eigenvalue weighted by molar-refractivity contribution is -0.116. The first-order valence-electron chi connectivity index (χ1n) is 6.92. The van der Waals surface area contributed by atoms with Gasteiger partial charge in [-0.2, -0.15) is 0 Å². The highest BCUT2D eigenvalue weighted by molar-refractivity contribution is 5.95. The van der Waals surface area contributed by atoms with Gasteiger partial charge in [-0.1, -0.05) is 0 Å². The van der Waals surface area contributed by atoms with Gasteiger partial charge in [-0.15, -0.1) is 12.4 Å². The van der Waals surface area contributed by atoms with Gasteiger partial charge in [-0.05, 0) is 45.0 Å². The minimum Gasteiger partial charge on any atom is -0.339 e. The molecule has 0 aromatic heterocycles. The number of nitrogens with one attached hydrogen (secondary N) is 1. The van der Waals surface area contributed by atoms with E-state index >= 15 is 0 Å². The van der Waals surface area contributed by atoms with E-state index in [-0.39, 0.29) is 36.7 Å². The van der Waals surface area contributed by atoms with Crippen LogP contribution in [0.15, 0.2) is 24.3 Å². The number of amides is 2. The zero-order valence-electron chi connectivity index (χ0n) is 12.8. The summed E-state index contributed by atoms with van der Waals surface area (Å²) < 4.78 is 0. The molecule has 0 saturated carbocycles. The average molecular weight is 314 g/mol. The number of carbonyl (C=O) groups excluding carboxylic acids is 2. The second-order valence-corrected chi connectivity index (χ2v) is 4.78. The molecule has 0 saturated heterocycles. The van der Waals surface area contributed by atoms with Gasteiger partial charge in [-0.3, -0.25) is 9.59 Å². The number of rotatable bonds is 6. The first-order chi connectivity index (χ1) is 9.47. The zero-order valence-corrected chi connectivity index (χ0v) is 13.6. The van der Waals surface area contributed by atoms with E-state index in [1.807, 2.05) is 13.8 Å². The summed E-state index contributed by atoms with van der Waals surface area (Å²) in [6.07, 6.45) is 0.278. The van der Waals surface area contributed by atoms with E-state index in [1.165, 1.54) is 0 Å². The number of nitrogens with two attached hydrogens (primary N) is 1. The largest absolute Gasteiger partial charge is 0.339 e. The van der Waals surface area contributed by atoms with Crippen molar-refractivity contribution in [2.75, 3.05) is 18.4 Å². The first kappa shape index (κ1) is 19.4. The van der Waals surface area contributed by atoms with Gasteiger partial charge in [0.05, 0.1) is 0 Å². The zero-order chi connectivity index (χ0) is 15.1. The van der Waals surface area contributed by atoms with Crippen molar-refractivity contribution in [2.45, 2.75) is 33.2 Å². The van der Waals surface area contributed by atoms with Gasteiger partial charge in [0.2, 0.25) is 5.91 Å². The van der Waals surface area contributed by atoms with Crippen LogP contribution in [0.4, 0.5) is 5.69 Å². The van der Waals surface area contributed by atoms with Crippen LogP contribution in [-0.4, -0.2) is 35.8 Å². The monoisotopic (exact) mass is 313 g/mol. The summed E-state index contributed by atoms with van der Waals surface area (Å²) >= 11 is 0. The molecule has 0 radical (unpaired) electrons. The summed E-state index contributed by atoms with van der Waals surface area (Å²) in [7, 11) is 0. The van der Waals surface area contributed by atoms with Crippen LogP contribution in [0.2, 0.25) is 0 Å². The molecule has 0 aliphatic heterocycles. The number of nitrogens with zero attached hydrogens (tertiary/aromatic N) is 1. The van der Waals surface area contributed by atoms with Crippen molar-refractivity contribution in [3.05, 3.63) is 29.8 Å². The maximum Gasteiger partial charge on any atom is 0.253 e. The second kappa shape index (κ2) is 9.37. The molecular formula is C15H24ClN3O2. The standard InChI is InChI=1S/C15H23N3O2.ClH/c1-4-18(5-2)15(20)12-6-8-13(9-7-12)17-14(19)10-11(3)16;/h6-9,11H,4-5,10,16H2,1-3H3,(H,17,19);1H. The predicted molar refractivity (Wildman–Crippen MR) is 87.8 cm³/mol. The van der Waals surface area contributed by atoms with E-state index in [4.69, 9.17) is 5.73 Å². The lowest BCUT2D eigenvalue weighted by atomic mass is 10.1. The maximum atomic E-state index is 12.1. The molecular weight excluding hydrogens is 290 g/mol. The summed E-state index contributed by atoms with van der Waals surface area (Å²) in [6, 6.07) is 6.74. The third kappa shape index (κ3) is 6.14. The number of hydrogen-bond donors (Lipinski definition) is 2. The molecule has 0 heterocycles. The van der Waals surface area contributed by atoms with E-state index in [2.05, 4.69) is 5.32 Å². The van der Waals surface area contributed by atoms with E-state index < -0.39 is 0 Å². The molecule has 0 aliphatic carbocycles. The van der Waals surface area contributed by atoms with Crippen molar-refractivity contribution in [1.82, 2.24) is 4.90 Å². The average Bonchev–Trinajstić information content (AvgIpc) is 2.39. The highest BCUT2D eigenvalue weighted by Crippen LogP contribution is 2.12. The predicted octanol–water partition coefficient (Wildman–Crippen LogP) is 2.27. The lowest BCUT2D eigenvalue weighted by Gasteiger charge is -2.18. The van der Waals surface area contributed by atoms with Crippen molar-refractivity contribution in [3.63, 3.8) is 0 Å². The Morgan fingerprint density at radius 3 is 2.14 bits per heavy atom. The summed E-state index contributed by atoms with van der Waals surface area (Å²) in [5.41, 5.74) is 6.86. The molecule has 1 aromatic rings. The van der Waals surface area contributed by atoms with Crippen LogP contribution in [-0.2, 0) is 4.79 Å². The Labute approximate surface area is 132 Å². The molecule has 1 unspecified atom stereocenters. The van der Waals surface area contributed by atoms with E-state index in [0.29, 0.717) is 24.3 Å². The van der Waals surface area contributed by atoms with Crippen molar-refractivity contribution in [1.29, 1.82) is 0 Å². The molecule has 5 nitrogen and oxygen atoms in total. The molecule has 3 N–H and O–H groups in total. The number of hydrogen-bond acceptors (Lipinski definition) is 3. The third-order valence-corrected chi connectivity index (χ3v) is 2.97. The molecule has 2 amide bonds. The van der Waals surface area contributed by atoms with Gasteiger partial charge in [-0.25, -0.2) is 0 Å². The van der Waals surface area contributed by atoms with Gasteiger partial charge in [0.1, 0.15) is 0 Å². The highest BCUT2D eigenvalue weighted by Gasteiger charge is 2.12. The summed E-state index contributed by atoms with van der Waals surface area (Å²) in [5, 5.41) is 2.75. The minimum atomic E-state index is -0.168. The minimum absolute atomic E-state index is 0. The highest BCUT2D eigenvalue weighted by atomic mass is 35.5. The molecule has 0 aliphatic rings. The molecule has 1 aromatic carbocycles. The summed E-state index contributed by atoms with van der Waals surface area (Å²) in [4.78, 5) is 25.4. The fraction of sp³-hybridized carbons (Fsp3) is 0.467. The number of anilines is 1. The smallest absolute Gasteiger partial charge is 0.253 e. The van der Waals surface area contributed by atoms with Crippen LogP contribution in [0.1, 0.15) is 37.6 Å². The van der Waals surface area contributed by atoms with Gasteiger partial charge >= 0.3 is 0 Å². The Balaban J connectivity index is 0.00000400. The van der Waals surface area contributed by atoms with Crippen LogP contribution in [0.5, 0.6) is 0 Å². The third-order valence-electron chi connectivity index (χ3n) is 2.97. The van der Waals surface area contributed by atoms with Crippen molar-refractivity contribution >= 4 is 29.9 Å². The first-order valence-corrected chi connectivity index (χ1v) is 6.92. The Kier molecular flexibility index (Phi) is 8.66. The molecule has 0 bridgehead atoms. The van der Waals surface area contributed by atoms with Crippen LogP contribution in [0.25, 0.3) is 0 Å². The van der Waals surface area contributed by atoms with Gasteiger partial charge in [0.25, 0.3) is 5.91 Å². The van der Waals surface area contributed by atoms with Gasteiger partial charge < -0.3 is 16.0 Å². The molecule has 6 heteroatoms. The Bertz CT molecular complexity index is 456. The SMILES string of the molecule is CCN(CC)C(=O)c1ccc(NC(=O)CC(C)N)cc1.Cl. The molecule has 1 rings (SSSR count). The van der Waals surface area contributed by atoms with Gasteiger partial charge in [0, 0.05) is 36.8 Å². The molecule has 21 heavy (non-hydrogen) atoms. The number of benzene rings is 1. The van der Waals surface area contributed by atoms with Gasteiger partial charge in [0.15, 0.2) is 0 Å². The normalized spacial score (nSPS) is 11.2. The Morgan fingerprint density at radius 1 is 1.19 bits per heavy atom. The van der Waals surface area contributed by atoms with Crippen LogP contribution >= 0.6 is 12.4 Å².